The molecule has 0 bridgehead atoms. The molecule has 0 fully saturated rings. The second-order valence-corrected chi connectivity index (χ2v) is 23.0. The average Bonchev–Trinajstić information content (AvgIpc) is 4.08. The standard InChI is InChI=1S/C28H30N4O6S2.C25H24N4O3S/c1-19-6-3-7-23(16-19)28-30-25-18-22(9-11-27(25)32(28)13-5-15-40(36,37)38)21-8-10-26-24(17-21)29-20(2)31(26)12-4-14-39(33,34)35;1-16-5-3-6-20(13-16)25-27-21-9-7-18(14-22(21)28-25)19-8-10-24-23(15-19)26-17(2)29(24)11-4-12-33(30,31)32/h3,6-11,16-18H,4-5,12-15H2,1-2H3,(H,33,34,35)(H,36,37,38);3,5-10,13-15H,4,11-12H2,1-2H3,(H,27,28)(H,30,31,32). The molecule has 0 amide bonds. The summed E-state index contributed by atoms with van der Waals surface area (Å²) in [5.74, 6) is 2.23. The largest absolute Gasteiger partial charge is 0.338 e. The highest BCUT2D eigenvalue weighted by Crippen LogP contribution is 2.33. The minimum Gasteiger partial charge on any atom is -0.338 e. The van der Waals surface area contributed by atoms with Crippen LogP contribution in [0.3, 0.4) is 0 Å². The summed E-state index contributed by atoms with van der Waals surface area (Å²) in [5.41, 5.74) is 15.2. The molecule has 0 atom stereocenters. The Bertz CT molecular complexity index is 4060. The molecule has 0 aliphatic carbocycles. The van der Waals surface area contributed by atoms with Gasteiger partial charge in [0.15, 0.2) is 0 Å². The summed E-state index contributed by atoms with van der Waals surface area (Å²) in [5, 5.41) is 0. The molecule has 17 nitrogen and oxygen atoms in total. The number of hydrogen-bond donors (Lipinski definition) is 4. The van der Waals surface area contributed by atoms with Crippen LogP contribution in [0, 0.1) is 27.7 Å². The van der Waals surface area contributed by atoms with Crippen molar-refractivity contribution < 1.29 is 38.9 Å². The monoisotopic (exact) mass is 1040 g/mol. The summed E-state index contributed by atoms with van der Waals surface area (Å²) in [6, 6.07) is 40.3. The summed E-state index contributed by atoms with van der Waals surface area (Å²) in [6.45, 7) is 9.10. The summed E-state index contributed by atoms with van der Waals surface area (Å²) >= 11 is 0. The van der Waals surface area contributed by atoms with Gasteiger partial charge in [-0.3, -0.25) is 13.7 Å². The van der Waals surface area contributed by atoms with Crippen LogP contribution in [0.2, 0.25) is 0 Å². The van der Waals surface area contributed by atoms with E-state index in [1.807, 2.05) is 132 Å². The number of rotatable bonds is 16. The van der Waals surface area contributed by atoms with Gasteiger partial charge in [-0.2, -0.15) is 25.3 Å². The van der Waals surface area contributed by atoms with Gasteiger partial charge in [0, 0.05) is 30.8 Å². The highest BCUT2D eigenvalue weighted by Gasteiger charge is 2.18. The van der Waals surface area contributed by atoms with E-state index in [1.165, 1.54) is 5.56 Å². The van der Waals surface area contributed by atoms with Gasteiger partial charge in [-0.15, -0.1) is 0 Å². The van der Waals surface area contributed by atoms with E-state index in [9.17, 15) is 29.8 Å². The minimum absolute atomic E-state index is 0.244. The lowest BCUT2D eigenvalue weighted by Crippen LogP contribution is -2.09. The Labute approximate surface area is 422 Å². The molecule has 378 valence electrons. The highest BCUT2D eigenvalue weighted by molar-refractivity contribution is 7.86. The van der Waals surface area contributed by atoms with Crippen LogP contribution in [0.25, 0.3) is 89.2 Å². The van der Waals surface area contributed by atoms with Gasteiger partial charge in [0.25, 0.3) is 30.4 Å². The Hall–Kier alpha value is -7.07. The first-order valence-electron chi connectivity index (χ1n) is 23.6. The number of nitrogens with zero attached hydrogens (tertiary/aromatic N) is 7. The van der Waals surface area contributed by atoms with Gasteiger partial charge in [0.1, 0.15) is 23.3 Å². The van der Waals surface area contributed by atoms with Crippen molar-refractivity contribution in [3.8, 4) is 45.0 Å². The van der Waals surface area contributed by atoms with Gasteiger partial charge in [-0.1, -0.05) is 71.8 Å². The Morgan fingerprint density at radius 2 is 0.836 bits per heavy atom. The number of aromatic amines is 1. The van der Waals surface area contributed by atoms with Gasteiger partial charge < -0.3 is 18.7 Å². The van der Waals surface area contributed by atoms with Crippen LogP contribution < -0.4 is 0 Å². The maximum atomic E-state index is 11.3. The lowest BCUT2D eigenvalue weighted by atomic mass is 10.0. The summed E-state index contributed by atoms with van der Waals surface area (Å²) in [7, 11) is -12.0. The molecular formula is C53H54N8O9S3. The third kappa shape index (κ3) is 12.1. The fourth-order valence-corrected chi connectivity index (χ4v) is 10.8. The summed E-state index contributed by atoms with van der Waals surface area (Å²) in [6.07, 6.45) is 0.847. The van der Waals surface area contributed by atoms with Crippen molar-refractivity contribution in [3.05, 3.63) is 144 Å². The molecular weight excluding hydrogens is 989 g/mol. The van der Waals surface area contributed by atoms with Crippen molar-refractivity contribution in [1.29, 1.82) is 0 Å². The van der Waals surface area contributed by atoms with Gasteiger partial charge in [-0.25, -0.2) is 19.9 Å². The zero-order valence-corrected chi connectivity index (χ0v) is 43.0. The third-order valence-electron chi connectivity index (χ3n) is 12.7. The van der Waals surface area contributed by atoms with Crippen LogP contribution in [-0.4, -0.2) is 94.8 Å². The molecule has 10 rings (SSSR count). The van der Waals surface area contributed by atoms with Crippen molar-refractivity contribution in [2.75, 3.05) is 17.3 Å². The Kier molecular flexibility index (Phi) is 14.2. The molecule has 73 heavy (non-hydrogen) atoms. The molecule has 0 aliphatic rings. The predicted molar refractivity (Wildman–Crippen MR) is 286 cm³/mol. The van der Waals surface area contributed by atoms with Crippen molar-refractivity contribution in [1.82, 2.24) is 38.6 Å². The molecule has 10 aromatic rings. The quantitative estimate of drug-likeness (QED) is 0.0659. The maximum Gasteiger partial charge on any atom is 0.264 e. The van der Waals surface area contributed by atoms with Crippen LogP contribution in [0.15, 0.2) is 121 Å². The molecule has 4 N–H and O–H groups in total. The van der Waals surface area contributed by atoms with E-state index in [1.54, 1.807) is 0 Å². The average molecular weight is 1040 g/mol. The molecule has 0 spiro atoms. The second-order valence-electron chi connectivity index (χ2n) is 18.3. The molecule has 20 heteroatoms. The number of nitrogens with one attached hydrogen (secondary N) is 1. The van der Waals surface area contributed by atoms with E-state index in [0.29, 0.717) is 26.1 Å². The number of fused-ring (bicyclic) bond motifs is 4. The number of imidazole rings is 4. The lowest BCUT2D eigenvalue weighted by molar-refractivity contribution is 0.476. The molecule has 0 saturated carbocycles. The van der Waals surface area contributed by atoms with Crippen LogP contribution in [0.5, 0.6) is 0 Å². The molecule has 0 radical (unpaired) electrons. The summed E-state index contributed by atoms with van der Waals surface area (Å²) < 4.78 is 100. The number of hydrogen-bond acceptors (Lipinski definition) is 10. The van der Waals surface area contributed by atoms with Crippen LogP contribution in [0.4, 0.5) is 0 Å². The van der Waals surface area contributed by atoms with Crippen molar-refractivity contribution in [2.24, 2.45) is 0 Å². The van der Waals surface area contributed by atoms with Crippen LogP contribution in [0.1, 0.15) is 42.0 Å². The van der Waals surface area contributed by atoms with Crippen molar-refractivity contribution >= 4 is 74.5 Å². The topological polar surface area (TPSA) is 245 Å². The van der Waals surface area contributed by atoms with E-state index < -0.39 is 30.4 Å². The van der Waals surface area contributed by atoms with Crippen LogP contribution in [-0.2, 0) is 50.0 Å². The molecule has 0 unspecified atom stereocenters. The van der Waals surface area contributed by atoms with Crippen molar-refractivity contribution in [3.63, 3.8) is 0 Å². The third-order valence-corrected chi connectivity index (χ3v) is 15.1. The smallest absolute Gasteiger partial charge is 0.264 e. The fraction of sp³-hybridized carbons (Fsp3) is 0.245. The van der Waals surface area contributed by atoms with Crippen molar-refractivity contribution in [2.45, 2.75) is 66.6 Å². The zero-order chi connectivity index (χ0) is 51.8. The van der Waals surface area contributed by atoms with Gasteiger partial charge in [-0.05, 0) is 130 Å². The fourth-order valence-electron chi connectivity index (χ4n) is 9.30. The second kappa shape index (κ2) is 20.4. The van der Waals surface area contributed by atoms with E-state index >= 15 is 0 Å². The van der Waals surface area contributed by atoms with Crippen LogP contribution >= 0.6 is 0 Å². The molecule has 4 aromatic heterocycles. The number of H-pyrrole nitrogens is 1. The van der Waals surface area contributed by atoms with E-state index in [0.717, 1.165) is 106 Å². The lowest BCUT2D eigenvalue weighted by Gasteiger charge is -2.10. The highest BCUT2D eigenvalue weighted by atomic mass is 32.2. The van der Waals surface area contributed by atoms with E-state index in [4.69, 9.17) is 19.1 Å². The summed E-state index contributed by atoms with van der Waals surface area (Å²) in [4.78, 5) is 22.4. The first-order valence-corrected chi connectivity index (χ1v) is 28.4. The Balaban J connectivity index is 0.000000183. The number of aryl methyl sites for hydroxylation is 7. The normalized spacial score (nSPS) is 12.3. The molecule has 6 aromatic carbocycles. The molecule has 0 saturated heterocycles. The van der Waals surface area contributed by atoms with Gasteiger partial charge in [0.2, 0.25) is 0 Å². The van der Waals surface area contributed by atoms with E-state index in [2.05, 4.69) is 46.1 Å². The van der Waals surface area contributed by atoms with Gasteiger partial charge in [0.05, 0.1) is 61.4 Å². The SMILES string of the molecule is Cc1cccc(-c2nc3cc(-c4ccc5c(c4)nc(C)n5CCCS(=O)(=O)O)ccc3n2CCCS(=O)(=O)O)c1.Cc1cccc(-c2nc3ccc(-c4ccc5c(c4)nc(C)n5CCCS(=O)(=O)O)cc3[nH]2)c1. The Morgan fingerprint density at radius 1 is 0.425 bits per heavy atom. The molecule has 0 aliphatic heterocycles. The number of aromatic nitrogens is 8. The maximum absolute atomic E-state index is 11.3. The minimum atomic E-state index is -4.07. The number of benzene rings is 6. The van der Waals surface area contributed by atoms with E-state index in [-0.39, 0.29) is 30.1 Å². The first-order chi connectivity index (χ1) is 34.6. The zero-order valence-electron chi connectivity index (χ0n) is 40.6. The molecule has 4 heterocycles. The Morgan fingerprint density at radius 3 is 1.32 bits per heavy atom. The first kappa shape index (κ1) is 50.9. The predicted octanol–water partition coefficient (Wildman–Crippen LogP) is 10.0. The van der Waals surface area contributed by atoms with Gasteiger partial charge >= 0.3 is 0 Å².